The Hall–Kier alpha value is -2.17. The van der Waals surface area contributed by atoms with Crippen LogP contribution in [0.3, 0.4) is 0 Å². The van der Waals surface area contributed by atoms with Crippen LogP contribution in [-0.2, 0) is 0 Å². The monoisotopic (exact) mass is 493 g/mol. The molecule has 0 radical (unpaired) electrons. The Morgan fingerprint density at radius 2 is 1.81 bits per heavy atom. The molecule has 0 saturated heterocycles. The average Bonchev–Trinajstić information content (AvgIpc) is 3.33. The molecule has 0 aliphatic heterocycles. The second kappa shape index (κ2) is 8.68. The van der Waals surface area contributed by atoms with Crippen LogP contribution in [0, 0.1) is 0 Å². The molecule has 2 aromatic carbocycles. The highest BCUT2D eigenvalue weighted by Crippen LogP contribution is 2.47. The van der Waals surface area contributed by atoms with Gasteiger partial charge in [0.05, 0.1) is 13.2 Å². The number of benzene rings is 2. The molecule has 2 aromatic rings. The zero-order valence-corrected chi connectivity index (χ0v) is 16.7. The van der Waals surface area contributed by atoms with E-state index >= 15 is 0 Å². The van der Waals surface area contributed by atoms with Crippen LogP contribution in [-0.4, -0.2) is 25.5 Å². The highest BCUT2D eigenvalue weighted by atomic mass is 127. The van der Waals surface area contributed by atoms with E-state index in [0.29, 0.717) is 12.0 Å². The number of para-hydroxylation sites is 1. The number of nitrogens with zero attached hydrogens (tertiary/aromatic N) is 1. The van der Waals surface area contributed by atoms with Gasteiger partial charge in [-0.1, -0.05) is 18.2 Å². The van der Waals surface area contributed by atoms with E-state index in [1.165, 1.54) is 12.1 Å². The minimum Gasteiger partial charge on any atom is -0.497 e. The molecule has 0 amide bonds. The Kier molecular flexibility index (Phi) is 6.79. The highest BCUT2D eigenvalue weighted by molar-refractivity contribution is 14.0. The fourth-order valence-electron chi connectivity index (χ4n) is 2.70. The van der Waals surface area contributed by atoms with Crippen LogP contribution >= 0.6 is 24.0 Å². The lowest BCUT2D eigenvalue weighted by Gasteiger charge is -2.12. The van der Waals surface area contributed by atoms with Crippen molar-refractivity contribution in [2.75, 3.05) is 12.4 Å². The molecule has 0 spiro atoms. The molecule has 1 saturated carbocycles. The van der Waals surface area contributed by atoms with Crippen molar-refractivity contribution in [3.63, 3.8) is 0 Å². The standard InChI is InChI=1S/C18H18F3N3O2.HI/c1-25-12-8-6-11(7-9-12)23-17(22)24-15-10-14(15)13-4-2-3-5-16(13)26-18(19,20)21;/h2-9,14-15H,10H2,1H3,(H3,22,23,24);1H. The van der Waals surface area contributed by atoms with E-state index in [-0.39, 0.29) is 47.6 Å². The minimum absolute atomic E-state index is 0. The van der Waals surface area contributed by atoms with Crippen molar-refractivity contribution in [3.05, 3.63) is 54.1 Å². The van der Waals surface area contributed by atoms with Crippen molar-refractivity contribution in [3.8, 4) is 11.5 Å². The van der Waals surface area contributed by atoms with Crippen molar-refractivity contribution >= 4 is 35.6 Å². The van der Waals surface area contributed by atoms with Crippen LogP contribution in [0.5, 0.6) is 11.5 Å². The van der Waals surface area contributed by atoms with E-state index in [1.54, 1.807) is 43.5 Å². The number of methoxy groups -OCH3 is 1. The first-order chi connectivity index (χ1) is 12.4. The maximum atomic E-state index is 12.5. The number of nitrogens with one attached hydrogen (secondary N) is 1. The number of alkyl halides is 3. The fraction of sp³-hybridized carbons (Fsp3) is 0.278. The van der Waals surface area contributed by atoms with Gasteiger partial charge in [-0.05, 0) is 42.3 Å². The molecule has 3 N–H and O–H groups in total. The average molecular weight is 493 g/mol. The summed E-state index contributed by atoms with van der Waals surface area (Å²) in [5.41, 5.74) is 7.12. The first-order valence-electron chi connectivity index (χ1n) is 7.95. The van der Waals surface area contributed by atoms with Gasteiger partial charge in [-0.15, -0.1) is 37.1 Å². The highest BCUT2D eigenvalue weighted by Gasteiger charge is 2.42. The summed E-state index contributed by atoms with van der Waals surface area (Å²) in [7, 11) is 1.58. The third-order valence-electron chi connectivity index (χ3n) is 3.97. The van der Waals surface area contributed by atoms with Gasteiger partial charge in [-0.3, -0.25) is 0 Å². The number of ether oxygens (including phenoxy) is 2. The summed E-state index contributed by atoms with van der Waals surface area (Å²) in [6, 6.07) is 13.1. The molecule has 146 valence electrons. The molecule has 1 aliphatic carbocycles. The number of nitrogens with two attached hydrogens (primary N) is 1. The predicted molar refractivity (Wildman–Crippen MR) is 108 cm³/mol. The van der Waals surface area contributed by atoms with Gasteiger partial charge in [-0.2, -0.15) is 0 Å². The summed E-state index contributed by atoms with van der Waals surface area (Å²) in [4.78, 5) is 4.34. The molecule has 0 bridgehead atoms. The number of hydrogen-bond acceptors (Lipinski definition) is 3. The Bertz CT molecular complexity index is 797. The molecule has 2 unspecified atom stereocenters. The van der Waals surface area contributed by atoms with E-state index in [0.717, 1.165) is 11.4 Å². The van der Waals surface area contributed by atoms with Crippen LogP contribution in [0.4, 0.5) is 18.9 Å². The van der Waals surface area contributed by atoms with E-state index in [1.807, 2.05) is 0 Å². The molecule has 5 nitrogen and oxygen atoms in total. The second-order valence-electron chi connectivity index (χ2n) is 5.86. The summed E-state index contributed by atoms with van der Waals surface area (Å²) in [6.07, 6.45) is -4.11. The molecule has 0 aromatic heterocycles. The third kappa shape index (κ3) is 5.91. The SMILES string of the molecule is COc1ccc(NC(N)=NC2CC2c2ccccc2OC(F)(F)F)cc1.I. The quantitative estimate of drug-likeness (QED) is 0.366. The van der Waals surface area contributed by atoms with Crippen molar-refractivity contribution in [2.45, 2.75) is 24.7 Å². The normalized spacial score (nSPS) is 19.0. The Morgan fingerprint density at radius 3 is 2.44 bits per heavy atom. The van der Waals surface area contributed by atoms with Gasteiger partial charge in [0, 0.05) is 11.6 Å². The molecule has 9 heteroatoms. The summed E-state index contributed by atoms with van der Waals surface area (Å²) in [6.45, 7) is 0. The number of aliphatic imine (C=N–C) groups is 1. The Labute approximate surface area is 171 Å². The molecular formula is C18H19F3IN3O2. The van der Waals surface area contributed by atoms with Crippen LogP contribution in [0.1, 0.15) is 17.9 Å². The van der Waals surface area contributed by atoms with Gasteiger partial charge < -0.3 is 20.5 Å². The van der Waals surface area contributed by atoms with Gasteiger partial charge in [0.25, 0.3) is 0 Å². The van der Waals surface area contributed by atoms with E-state index in [2.05, 4.69) is 15.0 Å². The lowest BCUT2D eigenvalue weighted by molar-refractivity contribution is -0.274. The molecule has 27 heavy (non-hydrogen) atoms. The zero-order chi connectivity index (χ0) is 18.7. The van der Waals surface area contributed by atoms with Crippen molar-refractivity contribution in [1.29, 1.82) is 0 Å². The van der Waals surface area contributed by atoms with Gasteiger partial charge in [-0.25, -0.2) is 4.99 Å². The fourth-order valence-corrected chi connectivity index (χ4v) is 2.70. The van der Waals surface area contributed by atoms with Crippen LogP contribution in [0.25, 0.3) is 0 Å². The van der Waals surface area contributed by atoms with Gasteiger partial charge in [0.1, 0.15) is 11.5 Å². The predicted octanol–water partition coefficient (Wildman–Crippen LogP) is 4.49. The first-order valence-corrected chi connectivity index (χ1v) is 7.95. The first kappa shape index (κ1) is 21.1. The van der Waals surface area contributed by atoms with Gasteiger partial charge in [0.15, 0.2) is 5.96 Å². The maximum Gasteiger partial charge on any atom is 0.573 e. The lowest BCUT2D eigenvalue weighted by Crippen LogP contribution is -2.23. The summed E-state index contributed by atoms with van der Waals surface area (Å²) < 4.78 is 46.7. The molecule has 0 heterocycles. The number of guanidine groups is 1. The van der Waals surface area contributed by atoms with Crippen molar-refractivity contribution in [2.24, 2.45) is 10.7 Å². The second-order valence-corrected chi connectivity index (χ2v) is 5.86. The summed E-state index contributed by atoms with van der Waals surface area (Å²) in [5.74, 6) is 0.584. The van der Waals surface area contributed by atoms with Crippen molar-refractivity contribution in [1.82, 2.24) is 0 Å². The molecule has 3 rings (SSSR count). The molecule has 2 atom stereocenters. The van der Waals surface area contributed by atoms with Gasteiger partial charge >= 0.3 is 6.36 Å². The van der Waals surface area contributed by atoms with Crippen LogP contribution in [0.15, 0.2) is 53.5 Å². The molecular weight excluding hydrogens is 474 g/mol. The zero-order valence-electron chi connectivity index (χ0n) is 14.4. The van der Waals surface area contributed by atoms with E-state index in [9.17, 15) is 13.2 Å². The smallest absolute Gasteiger partial charge is 0.497 e. The summed E-state index contributed by atoms with van der Waals surface area (Å²) >= 11 is 0. The van der Waals surface area contributed by atoms with Crippen molar-refractivity contribution < 1.29 is 22.6 Å². The topological polar surface area (TPSA) is 68.9 Å². The lowest BCUT2D eigenvalue weighted by atomic mass is 10.1. The third-order valence-corrected chi connectivity index (χ3v) is 3.97. The minimum atomic E-state index is -4.72. The number of hydrogen-bond donors (Lipinski definition) is 2. The molecule has 1 fully saturated rings. The van der Waals surface area contributed by atoms with Gasteiger partial charge in [0.2, 0.25) is 0 Å². The molecule has 1 aliphatic rings. The Morgan fingerprint density at radius 1 is 1.15 bits per heavy atom. The number of halogens is 4. The maximum absolute atomic E-state index is 12.5. The summed E-state index contributed by atoms with van der Waals surface area (Å²) in [5, 5.41) is 2.95. The number of anilines is 1. The van der Waals surface area contributed by atoms with Crippen LogP contribution in [0.2, 0.25) is 0 Å². The largest absolute Gasteiger partial charge is 0.573 e. The number of rotatable bonds is 5. The Balaban J connectivity index is 0.00000261. The van der Waals surface area contributed by atoms with Crippen LogP contribution < -0.4 is 20.5 Å². The van der Waals surface area contributed by atoms with E-state index < -0.39 is 6.36 Å². The van der Waals surface area contributed by atoms with E-state index in [4.69, 9.17) is 10.5 Å².